The maximum atomic E-state index is 4.51. The third-order valence-electron chi connectivity index (χ3n) is 3.04. The Morgan fingerprint density at radius 2 is 1.72 bits per heavy atom. The molecule has 0 saturated carbocycles. The number of hydrogen-bond acceptors (Lipinski definition) is 1. The lowest BCUT2D eigenvalue weighted by Crippen LogP contribution is -1.91. The Bertz CT molecular complexity index is 677. The Kier molecular flexibility index (Phi) is 3.11. The van der Waals surface area contributed by atoms with E-state index in [2.05, 4.69) is 63.4 Å². The fourth-order valence-corrected chi connectivity index (χ4v) is 2.60. The van der Waals surface area contributed by atoms with Gasteiger partial charge in [0.05, 0.1) is 5.52 Å². The average Bonchev–Trinajstić information content (AvgIpc) is 2.41. The monoisotopic (exact) mass is 297 g/mol. The second-order valence-electron chi connectivity index (χ2n) is 4.27. The van der Waals surface area contributed by atoms with Crippen molar-refractivity contribution in [1.29, 1.82) is 0 Å². The quantitative estimate of drug-likeness (QED) is 0.674. The molecule has 0 bridgehead atoms. The maximum absolute atomic E-state index is 4.51. The molecule has 1 nitrogen and oxygen atoms in total. The summed E-state index contributed by atoms with van der Waals surface area (Å²) in [5.41, 5.74) is 3.66. The van der Waals surface area contributed by atoms with Crippen molar-refractivity contribution in [2.24, 2.45) is 0 Å². The van der Waals surface area contributed by atoms with Gasteiger partial charge in [-0.1, -0.05) is 64.5 Å². The van der Waals surface area contributed by atoms with Crippen molar-refractivity contribution in [3.8, 4) is 0 Å². The zero-order valence-corrected chi connectivity index (χ0v) is 11.4. The molecule has 3 aromatic rings. The SMILES string of the molecule is Brc1ccnc2c(Cc3ccccc3)cccc12. The molecule has 1 heterocycles. The predicted octanol–water partition coefficient (Wildman–Crippen LogP) is 4.59. The van der Waals surface area contributed by atoms with Crippen LogP contribution in [0, 0.1) is 0 Å². The summed E-state index contributed by atoms with van der Waals surface area (Å²) in [6.45, 7) is 0. The van der Waals surface area contributed by atoms with E-state index in [-0.39, 0.29) is 0 Å². The first kappa shape index (κ1) is 11.4. The lowest BCUT2D eigenvalue weighted by atomic mass is 10.0. The minimum absolute atomic E-state index is 0.918. The third-order valence-corrected chi connectivity index (χ3v) is 3.73. The van der Waals surface area contributed by atoms with Gasteiger partial charge in [-0.3, -0.25) is 4.98 Å². The van der Waals surface area contributed by atoms with Crippen molar-refractivity contribution in [3.63, 3.8) is 0 Å². The molecule has 18 heavy (non-hydrogen) atoms. The molecule has 0 aliphatic heterocycles. The number of aromatic nitrogens is 1. The fraction of sp³-hybridized carbons (Fsp3) is 0.0625. The molecule has 0 aliphatic carbocycles. The summed E-state index contributed by atoms with van der Waals surface area (Å²) in [5.74, 6) is 0. The van der Waals surface area contributed by atoms with Gasteiger partial charge in [-0.15, -0.1) is 0 Å². The van der Waals surface area contributed by atoms with Crippen molar-refractivity contribution < 1.29 is 0 Å². The molecule has 2 heteroatoms. The van der Waals surface area contributed by atoms with Gasteiger partial charge in [0.15, 0.2) is 0 Å². The molecule has 3 rings (SSSR count). The topological polar surface area (TPSA) is 12.9 Å². The summed E-state index contributed by atoms with van der Waals surface area (Å²) < 4.78 is 1.10. The van der Waals surface area contributed by atoms with E-state index in [1.165, 1.54) is 16.5 Å². The summed E-state index contributed by atoms with van der Waals surface area (Å²) in [7, 11) is 0. The summed E-state index contributed by atoms with van der Waals surface area (Å²) >= 11 is 3.58. The van der Waals surface area contributed by atoms with Crippen LogP contribution in [0.3, 0.4) is 0 Å². The molecule has 2 aromatic carbocycles. The van der Waals surface area contributed by atoms with Crippen LogP contribution < -0.4 is 0 Å². The van der Waals surface area contributed by atoms with E-state index in [1.807, 2.05) is 18.3 Å². The van der Waals surface area contributed by atoms with Gasteiger partial charge < -0.3 is 0 Å². The second-order valence-corrected chi connectivity index (χ2v) is 5.12. The molecule has 0 radical (unpaired) electrons. The van der Waals surface area contributed by atoms with Gasteiger partial charge in [0.1, 0.15) is 0 Å². The van der Waals surface area contributed by atoms with Crippen molar-refractivity contribution in [2.75, 3.05) is 0 Å². The van der Waals surface area contributed by atoms with Crippen LogP contribution in [0.15, 0.2) is 65.3 Å². The van der Waals surface area contributed by atoms with Crippen molar-refractivity contribution in [2.45, 2.75) is 6.42 Å². The standard InChI is InChI=1S/C16H12BrN/c17-15-9-10-18-16-13(7-4-8-14(15)16)11-12-5-2-1-3-6-12/h1-10H,11H2. The highest BCUT2D eigenvalue weighted by molar-refractivity contribution is 9.10. The van der Waals surface area contributed by atoms with Crippen molar-refractivity contribution in [3.05, 3.63) is 76.4 Å². The number of hydrogen-bond donors (Lipinski definition) is 0. The first-order chi connectivity index (χ1) is 8.84. The van der Waals surface area contributed by atoms with E-state index >= 15 is 0 Å². The molecule has 0 aliphatic rings. The van der Waals surface area contributed by atoms with Crippen LogP contribution in [0.5, 0.6) is 0 Å². The number of para-hydroxylation sites is 1. The van der Waals surface area contributed by atoms with E-state index in [0.717, 1.165) is 16.4 Å². The summed E-state index contributed by atoms with van der Waals surface area (Å²) in [5, 5.41) is 1.17. The lowest BCUT2D eigenvalue weighted by Gasteiger charge is -2.07. The number of halogens is 1. The van der Waals surface area contributed by atoms with Crippen LogP contribution in [0.4, 0.5) is 0 Å². The molecular formula is C16H12BrN. The highest BCUT2D eigenvalue weighted by Gasteiger charge is 2.05. The highest BCUT2D eigenvalue weighted by atomic mass is 79.9. The number of benzene rings is 2. The van der Waals surface area contributed by atoms with Crippen LogP contribution >= 0.6 is 15.9 Å². The minimum atomic E-state index is 0.918. The predicted molar refractivity (Wildman–Crippen MR) is 78.7 cm³/mol. The van der Waals surface area contributed by atoms with Crippen LogP contribution in [0.2, 0.25) is 0 Å². The Hall–Kier alpha value is -1.67. The molecule has 0 N–H and O–H groups in total. The van der Waals surface area contributed by atoms with Gasteiger partial charge >= 0.3 is 0 Å². The largest absolute Gasteiger partial charge is 0.256 e. The molecule has 0 amide bonds. The molecule has 0 unspecified atom stereocenters. The zero-order chi connectivity index (χ0) is 12.4. The minimum Gasteiger partial charge on any atom is -0.256 e. The van der Waals surface area contributed by atoms with Crippen LogP contribution in [-0.4, -0.2) is 4.98 Å². The van der Waals surface area contributed by atoms with Crippen LogP contribution in [0.1, 0.15) is 11.1 Å². The van der Waals surface area contributed by atoms with Crippen molar-refractivity contribution >= 4 is 26.8 Å². The summed E-state index contributed by atoms with van der Waals surface area (Å²) in [6.07, 6.45) is 2.77. The van der Waals surface area contributed by atoms with E-state index < -0.39 is 0 Å². The van der Waals surface area contributed by atoms with E-state index in [1.54, 1.807) is 0 Å². The highest BCUT2D eigenvalue weighted by Crippen LogP contribution is 2.25. The third kappa shape index (κ3) is 2.16. The zero-order valence-electron chi connectivity index (χ0n) is 9.81. The Morgan fingerprint density at radius 3 is 2.56 bits per heavy atom. The first-order valence-corrected chi connectivity index (χ1v) is 6.70. The van der Waals surface area contributed by atoms with Gasteiger partial charge in [0.2, 0.25) is 0 Å². The number of pyridine rings is 1. The molecular weight excluding hydrogens is 286 g/mol. The number of fused-ring (bicyclic) bond motifs is 1. The molecule has 88 valence electrons. The summed E-state index contributed by atoms with van der Waals surface area (Å²) in [6, 6.07) is 18.8. The Morgan fingerprint density at radius 1 is 0.889 bits per heavy atom. The van der Waals surface area contributed by atoms with Gasteiger partial charge in [0.25, 0.3) is 0 Å². The molecule has 0 atom stereocenters. The first-order valence-electron chi connectivity index (χ1n) is 5.90. The van der Waals surface area contributed by atoms with Gasteiger partial charge in [-0.05, 0) is 23.6 Å². The van der Waals surface area contributed by atoms with Gasteiger partial charge in [-0.2, -0.15) is 0 Å². The molecule has 0 spiro atoms. The summed E-state index contributed by atoms with van der Waals surface area (Å²) in [4.78, 5) is 4.51. The molecule has 0 fully saturated rings. The van der Waals surface area contributed by atoms with E-state index in [9.17, 15) is 0 Å². The van der Waals surface area contributed by atoms with Crippen molar-refractivity contribution in [1.82, 2.24) is 4.98 Å². The average molecular weight is 298 g/mol. The van der Waals surface area contributed by atoms with E-state index in [0.29, 0.717) is 0 Å². The molecule has 1 aromatic heterocycles. The Balaban J connectivity index is 2.10. The van der Waals surface area contributed by atoms with E-state index in [4.69, 9.17) is 0 Å². The van der Waals surface area contributed by atoms with Gasteiger partial charge in [0, 0.05) is 16.1 Å². The number of nitrogens with zero attached hydrogens (tertiary/aromatic N) is 1. The smallest absolute Gasteiger partial charge is 0.0748 e. The van der Waals surface area contributed by atoms with Crippen LogP contribution in [0.25, 0.3) is 10.9 Å². The second kappa shape index (κ2) is 4.91. The van der Waals surface area contributed by atoms with Gasteiger partial charge in [-0.25, -0.2) is 0 Å². The number of rotatable bonds is 2. The maximum Gasteiger partial charge on any atom is 0.0748 e. The normalized spacial score (nSPS) is 10.7. The lowest BCUT2D eigenvalue weighted by molar-refractivity contribution is 1.19. The fourth-order valence-electron chi connectivity index (χ4n) is 2.16. The van der Waals surface area contributed by atoms with Crippen LogP contribution in [-0.2, 0) is 6.42 Å². The Labute approximate surface area is 115 Å². The molecule has 0 saturated heterocycles.